The first kappa shape index (κ1) is 19.7. The molecule has 0 aliphatic carbocycles. The SMILES string of the molecule is CN=C(NCc1ccc(Cn2ccnc2)cc1)NCC(C)c1ccc(C)cc1. The van der Waals surface area contributed by atoms with E-state index in [2.05, 4.69) is 87.6 Å². The van der Waals surface area contributed by atoms with E-state index in [4.69, 9.17) is 0 Å². The van der Waals surface area contributed by atoms with Crippen molar-refractivity contribution >= 4 is 5.96 Å². The lowest BCUT2D eigenvalue weighted by molar-refractivity contribution is 0.698. The average molecular weight is 376 g/mol. The Labute approximate surface area is 167 Å². The molecule has 0 aliphatic rings. The molecule has 2 aromatic carbocycles. The molecule has 0 aliphatic heterocycles. The molecular formula is C23H29N5. The van der Waals surface area contributed by atoms with Crippen LogP contribution in [-0.4, -0.2) is 29.1 Å². The molecule has 28 heavy (non-hydrogen) atoms. The fraction of sp³-hybridized carbons (Fsp3) is 0.304. The number of aryl methyl sites for hydroxylation is 1. The Hall–Kier alpha value is -3.08. The van der Waals surface area contributed by atoms with E-state index >= 15 is 0 Å². The van der Waals surface area contributed by atoms with Gasteiger partial charge in [-0.15, -0.1) is 0 Å². The molecule has 3 rings (SSSR count). The first-order chi connectivity index (χ1) is 13.6. The van der Waals surface area contributed by atoms with Crippen molar-refractivity contribution < 1.29 is 0 Å². The Morgan fingerprint density at radius 3 is 2.39 bits per heavy atom. The summed E-state index contributed by atoms with van der Waals surface area (Å²) in [6.45, 7) is 6.76. The van der Waals surface area contributed by atoms with Crippen LogP contribution in [0.3, 0.4) is 0 Å². The molecule has 0 fully saturated rings. The highest BCUT2D eigenvalue weighted by Crippen LogP contribution is 2.14. The Balaban J connectivity index is 1.46. The summed E-state index contributed by atoms with van der Waals surface area (Å²) in [6, 6.07) is 17.3. The molecule has 0 spiro atoms. The summed E-state index contributed by atoms with van der Waals surface area (Å²) >= 11 is 0. The van der Waals surface area contributed by atoms with Gasteiger partial charge in [-0.2, -0.15) is 0 Å². The largest absolute Gasteiger partial charge is 0.356 e. The van der Waals surface area contributed by atoms with Crippen molar-refractivity contribution in [1.29, 1.82) is 0 Å². The van der Waals surface area contributed by atoms with E-state index in [-0.39, 0.29) is 0 Å². The number of imidazole rings is 1. The van der Waals surface area contributed by atoms with Gasteiger partial charge in [-0.1, -0.05) is 61.0 Å². The van der Waals surface area contributed by atoms with Crippen molar-refractivity contribution in [3.05, 3.63) is 89.5 Å². The van der Waals surface area contributed by atoms with Crippen LogP contribution in [0.25, 0.3) is 0 Å². The molecule has 0 bridgehead atoms. The van der Waals surface area contributed by atoms with Gasteiger partial charge in [0.1, 0.15) is 0 Å². The van der Waals surface area contributed by atoms with Gasteiger partial charge in [-0.3, -0.25) is 4.99 Å². The Kier molecular flexibility index (Phi) is 6.84. The zero-order valence-electron chi connectivity index (χ0n) is 16.9. The fourth-order valence-electron chi connectivity index (χ4n) is 3.02. The van der Waals surface area contributed by atoms with E-state index in [0.717, 1.165) is 25.6 Å². The first-order valence-corrected chi connectivity index (χ1v) is 9.68. The third kappa shape index (κ3) is 5.71. The predicted molar refractivity (Wildman–Crippen MR) is 116 cm³/mol. The second kappa shape index (κ2) is 9.74. The lowest BCUT2D eigenvalue weighted by Gasteiger charge is -2.17. The van der Waals surface area contributed by atoms with E-state index in [1.54, 1.807) is 13.2 Å². The zero-order chi connectivity index (χ0) is 19.8. The number of hydrogen-bond donors (Lipinski definition) is 2. The molecular weight excluding hydrogens is 346 g/mol. The van der Waals surface area contributed by atoms with E-state index in [1.807, 2.05) is 12.5 Å². The summed E-state index contributed by atoms with van der Waals surface area (Å²) < 4.78 is 2.06. The standard InChI is InChI=1S/C23H29N5/c1-18-4-10-22(11-5-18)19(2)14-26-23(24-3)27-15-20-6-8-21(9-7-20)16-28-13-12-25-17-28/h4-13,17,19H,14-16H2,1-3H3,(H2,24,26,27). The van der Waals surface area contributed by atoms with Crippen LogP contribution in [0.2, 0.25) is 0 Å². The third-order valence-electron chi connectivity index (χ3n) is 4.85. The van der Waals surface area contributed by atoms with E-state index < -0.39 is 0 Å². The van der Waals surface area contributed by atoms with Crippen molar-refractivity contribution in [3.63, 3.8) is 0 Å². The van der Waals surface area contributed by atoms with Gasteiger partial charge in [-0.25, -0.2) is 4.98 Å². The van der Waals surface area contributed by atoms with Gasteiger partial charge in [0.15, 0.2) is 5.96 Å². The van der Waals surface area contributed by atoms with Gasteiger partial charge in [0.05, 0.1) is 6.33 Å². The summed E-state index contributed by atoms with van der Waals surface area (Å²) in [5.74, 6) is 1.24. The maximum atomic E-state index is 4.33. The number of rotatable bonds is 7. The van der Waals surface area contributed by atoms with Gasteiger partial charge in [0.2, 0.25) is 0 Å². The molecule has 5 nitrogen and oxygen atoms in total. The quantitative estimate of drug-likeness (QED) is 0.489. The minimum absolute atomic E-state index is 0.418. The summed E-state index contributed by atoms with van der Waals surface area (Å²) in [6.07, 6.45) is 5.61. The van der Waals surface area contributed by atoms with Gasteiger partial charge in [0.25, 0.3) is 0 Å². The summed E-state index contributed by atoms with van der Waals surface area (Å²) in [4.78, 5) is 8.41. The molecule has 1 heterocycles. The summed E-state index contributed by atoms with van der Waals surface area (Å²) in [7, 11) is 1.81. The first-order valence-electron chi connectivity index (χ1n) is 9.68. The monoisotopic (exact) mass is 375 g/mol. The van der Waals surface area contributed by atoms with Crippen molar-refractivity contribution in [2.75, 3.05) is 13.6 Å². The summed E-state index contributed by atoms with van der Waals surface area (Å²) in [5.41, 5.74) is 5.11. The van der Waals surface area contributed by atoms with Crippen LogP contribution in [0.4, 0.5) is 0 Å². The van der Waals surface area contributed by atoms with Gasteiger partial charge in [-0.05, 0) is 29.5 Å². The summed E-state index contributed by atoms with van der Waals surface area (Å²) in [5, 5.41) is 6.81. The smallest absolute Gasteiger partial charge is 0.191 e. The topological polar surface area (TPSA) is 54.2 Å². The van der Waals surface area contributed by atoms with Crippen LogP contribution in [0.15, 0.2) is 72.2 Å². The minimum Gasteiger partial charge on any atom is -0.356 e. The molecule has 0 radical (unpaired) electrons. The van der Waals surface area contributed by atoms with Crippen LogP contribution >= 0.6 is 0 Å². The van der Waals surface area contributed by atoms with Crippen molar-refractivity contribution in [2.24, 2.45) is 4.99 Å². The maximum absolute atomic E-state index is 4.33. The number of aliphatic imine (C=N–C) groups is 1. The number of guanidine groups is 1. The van der Waals surface area contributed by atoms with Crippen LogP contribution < -0.4 is 10.6 Å². The fourth-order valence-corrected chi connectivity index (χ4v) is 3.02. The zero-order valence-corrected chi connectivity index (χ0v) is 16.9. The van der Waals surface area contributed by atoms with Gasteiger partial charge < -0.3 is 15.2 Å². The molecule has 0 amide bonds. The minimum atomic E-state index is 0.418. The second-order valence-electron chi connectivity index (χ2n) is 7.17. The number of hydrogen-bond acceptors (Lipinski definition) is 2. The van der Waals surface area contributed by atoms with Crippen molar-refractivity contribution in [3.8, 4) is 0 Å². The lowest BCUT2D eigenvalue weighted by atomic mass is 10.0. The molecule has 0 saturated carbocycles. The van der Waals surface area contributed by atoms with Gasteiger partial charge >= 0.3 is 0 Å². The van der Waals surface area contributed by atoms with Crippen LogP contribution in [-0.2, 0) is 13.1 Å². The Morgan fingerprint density at radius 1 is 1.04 bits per heavy atom. The Morgan fingerprint density at radius 2 is 1.75 bits per heavy atom. The molecule has 0 saturated heterocycles. The highest BCUT2D eigenvalue weighted by molar-refractivity contribution is 5.79. The number of aromatic nitrogens is 2. The molecule has 5 heteroatoms. The van der Waals surface area contributed by atoms with Crippen LogP contribution in [0.5, 0.6) is 0 Å². The molecule has 3 aromatic rings. The van der Waals surface area contributed by atoms with E-state index in [9.17, 15) is 0 Å². The van der Waals surface area contributed by atoms with Crippen LogP contribution in [0.1, 0.15) is 35.1 Å². The van der Waals surface area contributed by atoms with Gasteiger partial charge in [0, 0.05) is 39.1 Å². The molecule has 146 valence electrons. The maximum Gasteiger partial charge on any atom is 0.191 e. The molecule has 1 unspecified atom stereocenters. The molecule has 1 atom stereocenters. The predicted octanol–water partition coefficient (Wildman–Crippen LogP) is 3.71. The molecule has 1 aromatic heterocycles. The number of benzene rings is 2. The lowest BCUT2D eigenvalue weighted by Crippen LogP contribution is -2.38. The van der Waals surface area contributed by atoms with E-state index in [0.29, 0.717) is 5.92 Å². The highest BCUT2D eigenvalue weighted by Gasteiger charge is 2.06. The van der Waals surface area contributed by atoms with Crippen molar-refractivity contribution in [1.82, 2.24) is 20.2 Å². The average Bonchev–Trinajstić information content (AvgIpc) is 3.22. The third-order valence-corrected chi connectivity index (χ3v) is 4.85. The Bertz CT molecular complexity index is 864. The molecule has 2 N–H and O–H groups in total. The normalized spacial score (nSPS) is 12.6. The van der Waals surface area contributed by atoms with E-state index in [1.165, 1.54) is 22.3 Å². The number of nitrogens with one attached hydrogen (secondary N) is 2. The van der Waals surface area contributed by atoms with Crippen LogP contribution in [0, 0.1) is 6.92 Å². The second-order valence-corrected chi connectivity index (χ2v) is 7.17. The highest BCUT2D eigenvalue weighted by atomic mass is 15.2. The van der Waals surface area contributed by atoms with Crippen molar-refractivity contribution in [2.45, 2.75) is 32.9 Å². The number of nitrogens with zero attached hydrogens (tertiary/aromatic N) is 3.